The Balaban J connectivity index is 1.45. The van der Waals surface area contributed by atoms with E-state index in [1.54, 1.807) is 12.1 Å². The van der Waals surface area contributed by atoms with Gasteiger partial charge in [-0.25, -0.2) is 0 Å². The summed E-state index contributed by atoms with van der Waals surface area (Å²) in [5, 5.41) is 12.6. The molecule has 0 unspecified atom stereocenters. The number of anilines is 1. The number of amides is 1. The van der Waals surface area contributed by atoms with Crippen LogP contribution < -0.4 is 5.32 Å². The van der Waals surface area contributed by atoms with Crippen LogP contribution >= 0.6 is 0 Å². The highest BCUT2D eigenvalue weighted by atomic mass is 16.3. The summed E-state index contributed by atoms with van der Waals surface area (Å²) in [4.78, 5) is 14.9. The van der Waals surface area contributed by atoms with Gasteiger partial charge in [-0.05, 0) is 86.4 Å². The van der Waals surface area contributed by atoms with E-state index in [2.05, 4.69) is 49.2 Å². The molecular formula is C25H34N2O2. The molecule has 2 N–H and O–H groups in total. The van der Waals surface area contributed by atoms with Crippen LogP contribution in [-0.2, 0) is 11.2 Å². The van der Waals surface area contributed by atoms with Gasteiger partial charge in [-0.1, -0.05) is 44.2 Å². The summed E-state index contributed by atoms with van der Waals surface area (Å²) in [6.45, 7) is 8.81. The molecule has 2 aromatic rings. The van der Waals surface area contributed by atoms with Crippen LogP contribution in [0.4, 0.5) is 5.69 Å². The minimum atomic E-state index is 0.0868. The number of likely N-dealkylation sites (tertiary alicyclic amines) is 1. The van der Waals surface area contributed by atoms with E-state index in [0.29, 0.717) is 24.1 Å². The van der Waals surface area contributed by atoms with Crippen LogP contribution in [0.15, 0.2) is 42.5 Å². The summed E-state index contributed by atoms with van der Waals surface area (Å²) in [5.74, 6) is 1.51. The third-order valence-electron chi connectivity index (χ3n) is 6.04. The summed E-state index contributed by atoms with van der Waals surface area (Å²) in [6, 6.07) is 13.8. The number of nitrogens with zero attached hydrogens (tertiary/aromatic N) is 1. The van der Waals surface area contributed by atoms with Crippen LogP contribution in [0, 0.1) is 12.8 Å². The van der Waals surface area contributed by atoms with Gasteiger partial charge < -0.3 is 10.4 Å². The third kappa shape index (κ3) is 6.07. The molecule has 4 heteroatoms. The maximum Gasteiger partial charge on any atom is 0.238 e. The largest absolute Gasteiger partial charge is 0.508 e. The molecule has 3 rings (SSSR count). The van der Waals surface area contributed by atoms with Crippen LogP contribution in [-0.4, -0.2) is 35.5 Å². The smallest absolute Gasteiger partial charge is 0.238 e. The van der Waals surface area contributed by atoms with E-state index in [9.17, 15) is 9.90 Å². The molecule has 0 aromatic heterocycles. The van der Waals surface area contributed by atoms with Crippen molar-refractivity contribution in [2.24, 2.45) is 5.92 Å². The number of nitrogens with one attached hydrogen (secondary N) is 1. The number of hydrogen-bond acceptors (Lipinski definition) is 3. The van der Waals surface area contributed by atoms with Gasteiger partial charge in [-0.2, -0.15) is 0 Å². The van der Waals surface area contributed by atoms with Crippen molar-refractivity contribution in [3.8, 4) is 5.75 Å². The quantitative estimate of drug-likeness (QED) is 0.686. The first-order valence-electron chi connectivity index (χ1n) is 10.8. The van der Waals surface area contributed by atoms with Crippen molar-refractivity contribution in [2.75, 3.05) is 25.0 Å². The summed E-state index contributed by atoms with van der Waals surface area (Å²) in [6.07, 6.45) is 4.52. The minimum absolute atomic E-state index is 0.0868. The molecule has 1 aliphatic rings. The van der Waals surface area contributed by atoms with E-state index in [4.69, 9.17) is 0 Å². The second kappa shape index (κ2) is 9.93. The average molecular weight is 395 g/mol. The number of phenols is 1. The molecule has 0 aliphatic carbocycles. The number of piperidine rings is 1. The molecule has 2 aromatic carbocycles. The average Bonchev–Trinajstić information content (AvgIpc) is 2.70. The molecule has 0 radical (unpaired) electrons. The lowest BCUT2D eigenvalue weighted by molar-refractivity contribution is -0.117. The fourth-order valence-corrected chi connectivity index (χ4v) is 4.19. The molecule has 1 amide bonds. The summed E-state index contributed by atoms with van der Waals surface area (Å²) < 4.78 is 0. The van der Waals surface area contributed by atoms with Gasteiger partial charge in [0, 0.05) is 5.69 Å². The first-order chi connectivity index (χ1) is 13.9. The lowest BCUT2D eigenvalue weighted by Crippen LogP contribution is -2.39. The lowest BCUT2D eigenvalue weighted by atomic mass is 9.90. The summed E-state index contributed by atoms with van der Waals surface area (Å²) >= 11 is 0. The fraction of sp³-hybridized carbons (Fsp3) is 0.480. The van der Waals surface area contributed by atoms with Crippen molar-refractivity contribution in [3.63, 3.8) is 0 Å². The van der Waals surface area contributed by atoms with E-state index < -0.39 is 0 Å². The van der Waals surface area contributed by atoms with Gasteiger partial charge >= 0.3 is 0 Å². The molecule has 4 nitrogen and oxygen atoms in total. The van der Waals surface area contributed by atoms with Gasteiger partial charge in [-0.3, -0.25) is 9.69 Å². The second-order valence-corrected chi connectivity index (χ2v) is 8.67. The minimum Gasteiger partial charge on any atom is -0.508 e. The van der Waals surface area contributed by atoms with Gasteiger partial charge in [0.05, 0.1) is 6.54 Å². The van der Waals surface area contributed by atoms with E-state index in [1.165, 1.54) is 17.5 Å². The van der Waals surface area contributed by atoms with Gasteiger partial charge in [0.15, 0.2) is 0 Å². The second-order valence-electron chi connectivity index (χ2n) is 8.67. The van der Waals surface area contributed by atoms with Crippen LogP contribution in [0.25, 0.3) is 0 Å². The zero-order chi connectivity index (χ0) is 20.8. The van der Waals surface area contributed by atoms with Crippen molar-refractivity contribution < 1.29 is 9.90 Å². The summed E-state index contributed by atoms with van der Waals surface area (Å²) in [7, 11) is 0. The molecule has 1 aliphatic heterocycles. The van der Waals surface area contributed by atoms with E-state index >= 15 is 0 Å². The lowest BCUT2D eigenvalue weighted by Gasteiger charge is -2.31. The van der Waals surface area contributed by atoms with Crippen molar-refractivity contribution in [3.05, 3.63) is 59.2 Å². The molecule has 156 valence electrons. The number of carbonyl (C=O) groups excluding carboxylic acids is 1. The van der Waals surface area contributed by atoms with Crippen molar-refractivity contribution >= 4 is 11.6 Å². The van der Waals surface area contributed by atoms with Crippen LogP contribution in [0.2, 0.25) is 0 Å². The highest BCUT2D eigenvalue weighted by molar-refractivity contribution is 5.93. The number of benzene rings is 2. The van der Waals surface area contributed by atoms with Crippen LogP contribution in [0.1, 0.15) is 55.7 Å². The Morgan fingerprint density at radius 3 is 2.48 bits per heavy atom. The van der Waals surface area contributed by atoms with E-state index in [0.717, 1.165) is 43.6 Å². The number of aromatic hydroxyl groups is 1. The maximum atomic E-state index is 12.7. The van der Waals surface area contributed by atoms with Gasteiger partial charge in [-0.15, -0.1) is 0 Å². The van der Waals surface area contributed by atoms with Crippen LogP contribution in [0.3, 0.4) is 0 Å². The summed E-state index contributed by atoms with van der Waals surface area (Å²) in [5.41, 5.74) is 4.59. The van der Waals surface area contributed by atoms with Crippen LogP contribution in [0.5, 0.6) is 5.75 Å². The monoisotopic (exact) mass is 394 g/mol. The first kappa shape index (κ1) is 21.4. The van der Waals surface area contributed by atoms with Crippen molar-refractivity contribution in [2.45, 2.75) is 52.4 Å². The highest BCUT2D eigenvalue weighted by Crippen LogP contribution is 2.28. The number of carbonyl (C=O) groups is 1. The van der Waals surface area contributed by atoms with Crippen molar-refractivity contribution in [1.82, 2.24) is 4.90 Å². The topological polar surface area (TPSA) is 52.6 Å². The SMILES string of the molecule is Cc1cccc(C(C)C)c1NC(=O)CN1CCC(CCc2ccc(O)cc2)CC1. The Morgan fingerprint density at radius 2 is 1.83 bits per heavy atom. The normalized spacial score (nSPS) is 15.6. The Kier molecular flexibility index (Phi) is 7.32. The Morgan fingerprint density at radius 1 is 1.14 bits per heavy atom. The first-order valence-corrected chi connectivity index (χ1v) is 10.8. The Labute approximate surface area is 174 Å². The molecule has 1 saturated heterocycles. The fourth-order valence-electron chi connectivity index (χ4n) is 4.19. The van der Waals surface area contributed by atoms with E-state index in [-0.39, 0.29) is 5.91 Å². The molecule has 0 saturated carbocycles. The molecule has 1 fully saturated rings. The molecule has 0 bridgehead atoms. The maximum absolute atomic E-state index is 12.7. The highest BCUT2D eigenvalue weighted by Gasteiger charge is 2.21. The number of rotatable bonds is 7. The predicted octanol–water partition coefficient (Wildman–Crippen LogP) is 5.11. The standard InChI is InChI=1S/C25H34N2O2/c1-18(2)23-6-4-5-19(3)25(23)26-24(29)17-27-15-13-21(14-16-27)8-7-20-9-11-22(28)12-10-20/h4-6,9-12,18,21,28H,7-8,13-17H2,1-3H3,(H,26,29). The molecule has 0 atom stereocenters. The third-order valence-corrected chi connectivity index (χ3v) is 6.04. The van der Waals surface area contributed by atoms with Gasteiger partial charge in [0.1, 0.15) is 5.75 Å². The predicted molar refractivity (Wildman–Crippen MR) is 119 cm³/mol. The molecular weight excluding hydrogens is 360 g/mol. The molecule has 1 heterocycles. The Bertz CT molecular complexity index is 806. The van der Waals surface area contributed by atoms with Crippen molar-refractivity contribution in [1.29, 1.82) is 0 Å². The zero-order valence-corrected chi connectivity index (χ0v) is 17.9. The number of para-hydroxylation sites is 1. The number of hydrogen-bond donors (Lipinski definition) is 2. The number of aryl methyl sites for hydroxylation is 2. The Hall–Kier alpha value is -2.33. The molecule has 29 heavy (non-hydrogen) atoms. The molecule has 0 spiro atoms. The van der Waals surface area contributed by atoms with Gasteiger partial charge in [0.2, 0.25) is 5.91 Å². The van der Waals surface area contributed by atoms with E-state index in [1.807, 2.05) is 12.1 Å². The zero-order valence-electron chi connectivity index (χ0n) is 17.9. The number of phenolic OH excluding ortho intramolecular Hbond substituents is 1. The van der Waals surface area contributed by atoms with Gasteiger partial charge in [0.25, 0.3) is 0 Å².